The monoisotopic (exact) mass is 1260 g/mol. The summed E-state index contributed by atoms with van der Waals surface area (Å²) in [7, 11) is -6.54. The van der Waals surface area contributed by atoms with E-state index in [4.69, 9.17) is 10.5 Å². The van der Waals surface area contributed by atoms with Crippen molar-refractivity contribution in [3.05, 3.63) is 218 Å². The number of urea groups is 1. The SMILES string of the molecule is C.C.CS(=O)(=O)N1CC2(CCN(C(=O)Nc3cnc(-c4ccccc4)cn3)CC2)c2ccccc21.CS(=O)(=O)N1CC2(CCNCC2)c2ccccc21.Cl.Nc1cnc(-c2ccccc2)cn1.O=C(Nc1cnc(-c2ccccc2)cn1)Oc1ccccc1. The molecule has 5 N–H and O–H groups in total. The van der Waals surface area contributed by atoms with Crippen molar-refractivity contribution in [3.8, 4) is 39.5 Å². The summed E-state index contributed by atoms with van der Waals surface area (Å²) in [6, 6.07) is 53.5. The van der Waals surface area contributed by atoms with Crippen LogP contribution < -0.4 is 35.0 Å². The van der Waals surface area contributed by atoms with Gasteiger partial charge in [0.2, 0.25) is 20.0 Å². The van der Waals surface area contributed by atoms with Crippen LogP contribution >= 0.6 is 12.4 Å². The normalized spacial score (nSPS) is 14.7. The topological polar surface area (TPSA) is 261 Å². The summed E-state index contributed by atoms with van der Waals surface area (Å²) in [6.45, 7) is 4.03. The van der Waals surface area contributed by atoms with Gasteiger partial charge < -0.3 is 20.7 Å². The number of halogens is 1. The molecule has 0 radical (unpaired) electrons. The Bertz CT molecular complexity index is 3970. The molecular formula is C66H74ClN13O7S2. The Morgan fingerprint density at radius 2 is 0.876 bits per heavy atom. The zero-order chi connectivity index (χ0) is 60.2. The number of aromatic nitrogens is 6. The van der Waals surface area contributed by atoms with Gasteiger partial charge in [-0.25, -0.2) is 41.4 Å². The predicted molar refractivity (Wildman–Crippen MR) is 356 cm³/mol. The van der Waals surface area contributed by atoms with E-state index in [-0.39, 0.29) is 44.1 Å². The van der Waals surface area contributed by atoms with Gasteiger partial charge in [0.25, 0.3) is 0 Å². The largest absolute Gasteiger partial charge is 0.418 e. The Morgan fingerprint density at radius 1 is 0.494 bits per heavy atom. The summed E-state index contributed by atoms with van der Waals surface area (Å²) < 4.78 is 56.8. The number of para-hydroxylation sites is 3. The van der Waals surface area contributed by atoms with Crippen molar-refractivity contribution >= 4 is 73.4 Å². The van der Waals surface area contributed by atoms with Crippen LogP contribution in [0.25, 0.3) is 33.8 Å². The molecule has 23 heteroatoms. The number of nitrogens with two attached hydrogens (primary N) is 1. The zero-order valence-corrected chi connectivity index (χ0v) is 50.3. The van der Waals surface area contributed by atoms with E-state index in [1.807, 2.05) is 140 Å². The summed E-state index contributed by atoms with van der Waals surface area (Å²) in [5.74, 6) is 1.64. The van der Waals surface area contributed by atoms with Crippen molar-refractivity contribution < 1.29 is 31.2 Å². The number of hydrogen-bond donors (Lipinski definition) is 4. The van der Waals surface area contributed by atoms with Gasteiger partial charge in [-0.15, -0.1) is 12.4 Å². The van der Waals surface area contributed by atoms with E-state index in [2.05, 4.69) is 51.9 Å². The van der Waals surface area contributed by atoms with E-state index in [9.17, 15) is 26.4 Å². The van der Waals surface area contributed by atoms with Gasteiger partial charge in [0.1, 0.15) is 11.6 Å². The third-order valence-corrected chi connectivity index (χ3v) is 17.6. The summed E-state index contributed by atoms with van der Waals surface area (Å²) >= 11 is 0. The van der Waals surface area contributed by atoms with Crippen LogP contribution in [0.1, 0.15) is 51.7 Å². The molecule has 20 nitrogen and oxygen atoms in total. The number of benzene rings is 6. The van der Waals surface area contributed by atoms with Crippen LogP contribution in [0.5, 0.6) is 5.75 Å². The van der Waals surface area contributed by atoms with Crippen LogP contribution in [-0.2, 0) is 30.9 Å². The molecule has 89 heavy (non-hydrogen) atoms. The molecule has 7 heterocycles. The van der Waals surface area contributed by atoms with E-state index in [0.717, 1.165) is 76.6 Å². The second-order valence-electron chi connectivity index (χ2n) is 21.1. The lowest BCUT2D eigenvalue weighted by Crippen LogP contribution is -2.48. The quantitative estimate of drug-likeness (QED) is 0.110. The molecule has 4 aliphatic rings. The van der Waals surface area contributed by atoms with Gasteiger partial charge in [-0.05, 0) is 74.2 Å². The number of carbonyl (C=O) groups is 2. The number of ether oxygens (including phenoxy) is 1. The fourth-order valence-corrected chi connectivity index (χ4v) is 13.0. The third-order valence-electron chi connectivity index (χ3n) is 15.4. The van der Waals surface area contributed by atoms with Gasteiger partial charge in [-0.1, -0.05) is 160 Å². The van der Waals surface area contributed by atoms with Gasteiger partial charge in [0.05, 0.1) is 78.1 Å². The van der Waals surface area contributed by atoms with Crippen molar-refractivity contribution in [1.82, 2.24) is 40.1 Å². The molecule has 0 unspecified atom stereocenters. The average molecular weight is 1260 g/mol. The second kappa shape index (κ2) is 30.0. The number of piperidine rings is 2. The average Bonchev–Trinajstić information content (AvgIpc) is 1.65. The van der Waals surface area contributed by atoms with Crippen LogP contribution in [-0.4, -0.2) is 116 Å². The lowest BCUT2D eigenvalue weighted by molar-refractivity contribution is 0.173. The molecule has 4 aliphatic heterocycles. The molecule has 3 aromatic heterocycles. The zero-order valence-electron chi connectivity index (χ0n) is 47.9. The predicted octanol–water partition coefficient (Wildman–Crippen LogP) is 11.8. The maximum absolute atomic E-state index is 12.8. The highest BCUT2D eigenvalue weighted by molar-refractivity contribution is 7.92. The molecule has 2 spiro atoms. The molecule has 6 aromatic carbocycles. The van der Waals surface area contributed by atoms with Crippen molar-refractivity contribution in [2.45, 2.75) is 51.4 Å². The number of hydrogen-bond acceptors (Lipinski definition) is 15. The number of likely N-dealkylation sites (tertiary alicyclic amines) is 1. The molecule has 9 aromatic rings. The lowest BCUT2D eigenvalue weighted by atomic mass is 9.74. The van der Waals surface area contributed by atoms with Crippen molar-refractivity contribution in [2.24, 2.45) is 0 Å². The summed E-state index contributed by atoms with van der Waals surface area (Å²) in [5.41, 5.74) is 14.4. The van der Waals surface area contributed by atoms with Gasteiger partial charge >= 0.3 is 12.1 Å². The molecule has 0 bridgehead atoms. The number of sulfonamides is 2. The molecule has 464 valence electrons. The number of carbonyl (C=O) groups excluding carboxylic acids is 2. The highest BCUT2D eigenvalue weighted by atomic mass is 35.5. The van der Waals surface area contributed by atoms with Crippen molar-refractivity contribution in [2.75, 3.05) is 76.8 Å². The Balaban J connectivity index is 0.000000176. The van der Waals surface area contributed by atoms with E-state index in [1.165, 1.54) is 28.6 Å². The van der Waals surface area contributed by atoms with Gasteiger partial charge in [0, 0.05) is 53.7 Å². The molecular weight excluding hydrogens is 1190 g/mol. The first kappa shape index (κ1) is 67.2. The molecule has 2 saturated heterocycles. The van der Waals surface area contributed by atoms with Crippen molar-refractivity contribution in [3.63, 3.8) is 0 Å². The minimum Gasteiger partial charge on any atom is -0.410 e. The Labute approximate surface area is 527 Å². The van der Waals surface area contributed by atoms with Crippen LogP contribution in [0.4, 0.5) is 38.4 Å². The smallest absolute Gasteiger partial charge is 0.410 e. The third kappa shape index (κ3) is 16.6. The number of fused-ring (bicyclic) bond motifs is 4. The van der Waals surface area contributed by atoms with E-state index >= 15 is 0 Å². The molecule has 2 fully saturated rings. The molecule has 0 aliphatic carbocycles. The number of nitrogens with one attached hydrogen (secondary N) is 3. The standard InChI is InChI=1S/C24H25N5O3S.C17H13N3O2.C13H18N2O2S.C10H9N3.2CH4.ClH/c1-33(31,32)29-17-24(19-9-5-6-10-21(19)29)11-13-28(14-12-24)23(30)27-22-16-25-20(15-26-22)18-7-3-2-4-8-18;21-17(22-14-9-5-2-6-10-14)20-16-12-18-15(11-19-16)13-7-3-1-4-8-13;1-18(16,17)15-10-13(6-8-14-9-7-13)11-4-2-3-5-12(11)15;11-10-7-12-9(6-13-10)8-4-2-1-3-5-8;;;/h2-10,15-16H,11-14,17H2,1H3,(H,26,27,30);1-12H,(H,19,20,21);2-5,14H,6-10H2,1H3;1-7H,(H2,11,13);2*1H4;1H. The van der Waals surface area contributed by atoms with Crippen LogP contribution in [0, 0.1) is 0 Å². The first-order chi connectivity index (χ1) is 41.6. The number of anilines is 5. The molecule has 3 amide bonds. The second-order valence-corrected chi connectivity index (χ2v) is 24.9. The van der Waals surface area contributed by atoms with E-state index in [1.54, 1.807) is 64.5 Å². The number of nitrogens with zero attached hydrogens (tertiary/aromatic N) is 9. The van der Waals surface area contributed by atoms with Gasteiger partial charge in [-0.2, -0.15) is 0 Å². The maximum atomic E-state index is 12.8. The summed E-state index contributed by atoms with van der Waals surface area (Å²) in [5, 5.41) is 8.72. The first-order valence-electron chi connectivity index (χ1n) is 27.9. The highest BCUT2D eigenvalue weighted by Crippen LogP contribution is 2.49. The fourth-order valence-electron chi connectivity index (χ4n) is 11.0. The molecule has 0 saturated carbocycles. The maximum Gasteiger partial charge on any atom is 0.418 e. The summed E-state index contributed by atoms with van der Waals surface area (Å²) in [6.07, 6.45) is 14.9. The number of nitrogen functional groups attached to an aromatic ring is 1. The Morgan fingerprint density at radius 3 is 1.28 bits per heavy atom. The fraction of sp³-hybridized carbons (Fsp3) is 0.242. The van der Waals surface area contributed by atoms with Gasteiger partial charge in [-0.3, -0.25) is 34.2 Å². The number of amides is 3. The van der Waals surface area contributed by atoms with Crippen LogP contribution in [0.2, 0.25) is 0 Å². The van der Waals surface area contributed by atoms with Crippen molar-refractivity contribution in [1.29, 1.82) is 0 Å². The van der Waals surface area contributed by atoms with Crippen LogP contribution in [0.3, 0.4) is 0 Å². The summed E-state index contributed by atoms with van der Waals surface area (Å²) in [4.78, 5) is 51.6. The minimum absolute atomic E-state index is 0. The Kier molecular flexibility index (Phi) is 22.7. The molecule has 0 atom stereocenters. The van der Waals surface area contributed by atoms with E-state index < -0.39 is 26.1 Å². The minimum atomic E-state index is -3.36. The number of rotatable bonds is 8. The molecule has 13 rings (SSSR count). The van der Waals surface area contributed by atoms with Crippen LogP contribution in [0.15, 0.2) is 207 Å². The first-order valence-corrected chi connectivity index (χ1v) is 31.6. The van der Waals surface area contributed by atoms with Gasteiger partial charge in [0.15, 0.2) is 11.6 Å². The van der Waals surface area contributed by atoms with E-state index in [0.29, 0.717) is 62.2 Å². The Hall–Kier alpha value is -9.35. The lowest BCUT2D eigenvalue weighted by Gasteiger charge is -2.39. The highest BCUT2D eigenvalue weighted by Gasteiger charge is 2.48.